The highest BCUT2D eigenvalue weighted by atomic mass is 32.2. The second-order valence-electron chi connectivity index (χ2n) is 5.08. The number of piperidine rings is 1. The van der Waals surface area contributed by atoms with E-state index in [0.717, 1.165) is 24.4 Å². The molecule has 0 bridgehead atoms. The topological polar surface area (TPSA) is 69.6 Å². The number of hydrogen-bond acceptors (Lipinski definition) is 6. The van der Waals surface area contributed by atoms with Gasteiger partial charge in [-0.1, -0.05) is 6.42 Å². The maximum absolute atomic E-state index is 12.5. The van der Waals surface area contributed by atoms with Crippen molar-refractivity contribution < 1.29 is 8.42 Å². The van der Waals surface area contributed by atoms with Crippen LogP contribution < -0.4 is 4.90 Å². The Hall–Kier alpha value is -0.770. The standard InChI is InChI=1S/C11H19N5O2S2/c17-20(18,15-4-2-1-3-5-15)16-8-6-14(7-9-16)11-12-10-13-19-11/h10H,1-9H2. The van der Waals surface area contributed by atoms with Gasteiger partial charge in [0.25, 0.3) is 10.2 Å². The van der Waals surface area contributed by atoms with Crippen LogP contribution in [0.5, 0.6) is 0 Å². The van der Waals surface area contributed by atoms with E-state index in [1.54, 1.807) is 8.61 Å². The first-order valence-corrected chi connectivity index (χ1v) is 9.12. The summed E-state index contributed by atoms with van der Waals surface area (Å²) in [6.07, 6.45) is 4.63. The minimum absolute atomic E-state index is 0.526. The number of rotatable bonds is 3. The van der Waals surface area contributed by atoms with Crippen LogP contribution in [0, 0.1) is 0 Å². The Kier molecular flexibility index (Phi) is 4.20. The zero-order valence-electron chi connectivity index (χ0n) is 11.3. The lowest BCUT2D eigenvalue weighted by molar-refractivity contribution is 0.295. The van der Waals surface area contributed by atoms with Gasteiger partial charge in [0.05, 0.1) is 0 Å². The third-order valence-electron chi connectivity index (χ3n) is 3.83. The lowest BCUT2D eigenvalue weighted by Gasteiger charge is -2.37. The van der Waals surface area contributed by atoms with Crippen LogP contribution in [0.15, 0.2) is 6.33 Å². The molecular formula is C11H19N5O2S2. The molecule has 7 nitrogen and oxygen atoms in total. The molecule has 0 spiro atoms. The van der Waals surface area contributed by atoms with Crippen molar-refractivity contribution in [3.8, 4) is 0 Å². The van der Waals surface area contributed by atoms with Gasteiger partial charge in [0.2, 0.25) is 5.13 Å². The van der Waals surface area contributed by atoms with Gasteiger partial charge >= 0.3 is 0 Å². The normalized spacial score (nSPS) is 23.1. The van der Waals surface area contributed by atoms with E-state index in [1.165, 1.54) is 17.9 Å². The maximum atomic E-state index is 12.5. The van der Waals surface area contributed by atoms with Gasteiger partial charge in [0.15, 0.2) is 0 Å². The van der Waals surface area contributed by atoms with E-state index >= 15 is 0 Å². The second kappa shape index (κ2) is 5.92. The molecule has 0 aliphatic carbocycles. The summed E-state index contributed by atoms with van der Waals surface area (Å²) in [6, 6.07) is 0. The van der Waals surface area contributed by atoms with Gasteiger partial charge in [-0.2, -0.15) is 21.4 Å². The summed E-state index contributed by atoms with van der Waals surface area (Å²) in [5, 5.41) is 0.875. The average Bonchev–Trinajstić information content (AvgIpc) is 3.02. The Morgan fingerprint density at radius 1 is 0.950 bits per heavy atom. The summed E-state index contributed by atoms with van der Waals surface area (Å²) < 4.78 is 32.3. The molecule has 0 saturated carbocycles. The number of hydrogen-bond donors (Lipinski definition) is 0. The van der Waals surface area contributed by atoms with Crippen molar-refractivity contribution in [3.05, 3.63) is 6.33 Å². The molecule has 2 aliphatic heterocycles. The fourth-order valence-electron chi connectivity index (χ4n) is 2.68. The van der Waals surface area contributed by atoms with Crippen LogP contribution >= 0.6 is 11.5 Å². The first kappa shape index (κ1) is 14.2. The maximum Gasteiger partial charge on any atom is 0.282 e. The Balaban J connectivity index is 1.62. The zero-order valence-corrected chi connectivity index (χ0v) is 12.9. The molecule has 2 aliphatic rings. The van der Waals surface area contributed by atoms with Crippen LogP contribution in [0.25, 0.3) is 0 Å². The predicted molar refractivity (Wildman–Crippen MR) is 78.0 cm³/mol. The SMILES string of the molecule is O=S(=O)(N1CCCCC1)N1CCN(c2ncns2)CC1. The smallest absolute Gasteiger partial charge is 0.282 e. The minimum Gasteiger partial charge on any atom is -0.344 e. The molecule has 9 heteroatoms. The number of anilines is 1. The fourth-order valence-corrected chi connectivity index (χ4v) is 4.93. The van der Waals surface area contributed by atoms with Crippen molar-refractivity contribution >= 4 is 26.9 Å². The quantitative estimate of drug-likeness (QED) is 0.807. The molecule has 1 aromatic heterocycles. The van der Waals surface area contributed by atoms with Gasteiger partial charge in [-0.15, -0.1) is 0 Å². The van der Waals surface area contributed by atoms with Crippen molar-refractivity contribution in [1.29, 1.82) is 0 Å². The first-order valence-electron chi connectivity index (χ1n) is 6.95. The molecule has 0 aromatic carbocycles. The van der Waals surface area contributed by atoms with E-state index in [-0.39, 0.29) is 0 Å². The highest BCUT2D eigenvalue weighted by Gasteiger charge is 2.33. The van der Waals surface area contributed by atoms with Crippen molar-refractivity contribution in [3.63, 3.8) is 0 Å². The zero-order chi connectivity index (χ0) is 14.0. The lowest BCUT2D eigenvalue weighted by Crippen LogP contribution is -2.53. The van der Waals surface area contributed by atoms with E-state index in [9.17, 15) is 8.42 Å². The van der Waals surface area contributed by atoms with E-state index < -0.39 is 10.2 Å². The molecule has 0 unspecified atom stereocenters. The first-order chi connectivity index (χ1) is 9.68. The molecule has 0 atom stereocenters. The van der Waals surface area contributed by atoms with Crippen LogP contribution in [0.3, 0.4) is 0 Å². The van der Waals surface area contributed by atoms with Crippen LogP contribution in [-0.2, 0) is 10.2 Å². The minimum atomic E-state index is -3.27. The van der Waals surface area contributed by atoms with E-state index in [1.807, 2.05) is 0 Å². The van der Waals surface area contributed by atoms with E-state index in [2.05, 4.69) is 14.3 Å². The Labute approximate surface area is 123 Å². The van der Waals surface area contributed by atoms with E-state index in [4.69, 9.17) is 0 Å². The van der Waals surface area contributed by atoms with Crippen LogP contribution in [0.2, 0.25) is 0 Å². The Bertz CT molecular complexity index is 519. The molecule has 112 valence electrons. The molecule has 20 heavy (non-hydrogen) atoms. The van der Waals surface area contributed by atoms with Crippen molar-refractivity contribution in [2.24, 2.45) is 0 Å². The summed E-state index contributed by atoms with van der Waals surface area (Å²) in [6.45, 7) is 3.75. The van der Waals surface area contributed by atoms with Crippen molar-refractivity contribution in [2.45, 2.75) is 19.3 Å². The van der Waals surface area contributed by atoms with Gasteiger partial charge < -0.3 is 4.90 Å². The molecule has 3 heterocycles. The fraction of sp³-hybridized carbons (Fsp3) is 0.818. The molecule has 2 fully saturated rings. The highest BCUT2D eigenvalue weighted by molar-refractivity contribution is 7.86. The average molecular weight is 317 g/mol. The Morgan fingerprint density at radius 3 is 2.20 bits per heavy atom. The molecule has 2 saturated heterocycles. The summed E-state index contributed by atoms with van der Waals surface area (Å²) in [7, 11) is -3.27. The van der Waals surface area contributed by atoms with Gasteiger partial charge in [-0.25, -0.2) is 4.98 Å². The third-order valence-corrected chi connectivity index (χ3v) is 6.59. The summed E-state index contributed by atoms with van der Waals surface area (Å²) in [5.41, 5.74) is 0. The summed E-state index contributed by atoms with van der Waals surface area (Å²) in [4.78, 5) is 6.27. The largest absolute Gasteiger partial charge is 0.344 e. The van der Waals surface area contributed by atoms with Gasteiger partial charge in [-0.05, 0) is 12.8 Å². The molecule has 0 N–H and O–H groups in total. The van der Waals surface area contributed by atoms with E-state index in [0.29, 0.717) is 39.3 Å². The monoisotopic (exact) mass is 317 g/mol. The van der Waals surface area contributed by atoms with Crippen LogP contribution in [0.1, 0.15) is 19.3 Å². The second-order valence-corrected chi connectivity index (χ2v) is 7.76. The molecule has 0 radical (unpaired) electrons. The molecule has 3 rings (SSSR count). The Morgan fingerprint density at radius 2 is 1.60 bits per heavy atom. The molecular weight excluding hydrogens is 298 g/mol. The predicted octanol–water partition coefficient (Wildman–Crippen LogP) is 0.391. The summed E-state index contributed by atoms with van der Waals surface area (Å²) >= 11 is 1.35. The van der Waals surface area contributed by atoms with Gasteiger partial charge in [-0.3, -0.25) is 0 Å². The van der Waals surface area contributed by atoms with Crippen molar-refractivity contribution in [2.75, 3.05) is 44.2 Å². The highest BCUT2D eigenvalue weighted by Crippen LogP contribution is 2.21. The number of piperazine rings is 1. The molecule has 0 amide bonds. The number of aromatic nitrogens is 2. The van der Waals surface area contributed by atoms with Crippen LogP contribution in [0.4, 0.5) is 5.13 Å². The van der Waals surface area contributed by atoms with Crippen molar-refractivity contribution in [1.82, 2.24) is 18.0 Å². The van der Waals surface area contributed by atoms with Gasteiger partial charge in [0, 0.05) is 50.8 Å². The van der Waals surface area contributed by atoms with Crippen LogP contribution in [-0.4, -0.2) is 65.7 Å². The number of nitrogens with zero attached hydrogens (tertiary/aromatic N) is 5. The lowest BCUT2D eigenvalue weighted by atomic mass is 10.2. The summed E-state index contributed by atoms with van der Waals surface area (Å²) in [5.74, 6) is 0. The van der Waals surface area contributed by atoms with Gasteiger partial charge in [0.1, 0.15) is 6.33 Å². The molecule has 1 aromatic rings. The third kappa shape index (κ3) is 2.80.